The number of fused-ring (bicyclic) bond motifs is 3. The van der Waals surface area contributed by atoms with Crippen LogP contribution in [0.5, 0.6) is 0 Å². The topological polar surface area (TPSA) is 3.24 Å². The van der Waals surface area contributed by atoms with Crippen LogP contribution in [0.4, 0.5) is 4.39 Å². The van der Waals surface area contributed by atoms with Gasteiger partial charge in [-0.25, -0.2) is 4.39 Å². The second-order valence-corrected chi connectivity index (χ2v) is 5.85. The van der Waals surface area contributed by atoms with Crippen molar-refractivity contribution >= 4 is 0 Å². The average Bonchev–Trinajstić information content (AvgIpc) is 2.70. The Morgan fingerprint density at radius 3 is 2.87 bits per heavy atom. The molecule has 4 atom stereocenters. The molecule has 2 aliphatic heterocycles. The van der Waals surface area contributed by atoms with E-state index in [9.17, 15) is 4.39 Å². The van der Waals surface area contributed by atoms with Crippen molar-refractivity contribution in [3.8, 4) is 0 Å². The van der Waals surface area contributed by atoms with Gasteiger partial charge in [-0.15, -0.1) is 0 Å². The highest BCUT2D eigenvalue weighted by Gasteiger charge is 2.55. The van der Waals surface area contributed by atoms with Gasteiger partial charge < -0.3 is 0 Å². The SMILES string of the molecule is CCC12CC(F)CN1C1CCCCC1C2. The van der Waals surface area contributed by atoms with Crippen LogP contribution in [0, 0.1) is 5.92 Å². The predicted molar refractivity (Wildman–Crippen MR) is 59.6 cm³/mol. The second-order valence-electron chi connectivity index (χ2n) is 5.85. The number of hydrogen-bond donors (Lipinski definition) is 0. The van der Waals surface area contributed by atoms with E-state index in [1.165, 1.54) is 32.1 Å². The molecular formula is C13H22FN. The van der Waals surface area contributed by atoms with Crippen LogP contribution in [0.2, 0.25) is 0 Å². The molecule has 3 aliphatic rings. The van der Waals surface area contributed by atoms with Gasteiger partial charge in [0.15, 0.2) is 0 Å². The van der Waals surface area contributed by atoms with Crippen molar-refractivity contribution < 1.29 is 4.39 Å². The Bertz CT molecular complexity index is 255. The molecule has 0 bridgehead atoms. The fourth-order valence-corrected chi connectivity index (χ4v) is 4.51. The van der Waals surface area contributed by atoms with E-state index in [2.05, 4.69) is 11.8 Å². The van der Waals surface area contributed by atoms with Crippen molar-refractivity contribution in [3.05, 3.63) is 0 Å². The van der Waals surface area contributed by atoms with E-state index in [-0.39, 0.29) is 5.54 Å². The summed E-state index contributed by atoms with van der Waals surface area (Å²) in [6.07, 6.45) is 8.22. The molecule has 0 radical (unpaired) electrons. The fraction of sp³-hybridized carbons (Fsp3) is 1.00. The van der Waals surface area contributed by atoms with Crippen LogP contribution in [0.25, 0.3) is 0 Å². The zero-order valence-electron chi connectivity index (χ0n) is 9.71. The predicted octanol–water partition coefficient (Wildman–Crippen LogP) is 3.14. The van der Waals surface area contributed by atoms with E-state index in [1.807, 2.05) is 0 Å². The van der Waals surface area contributed by atoms with E-state index >= 15 is 0 Å². The van der Waals surface area contributed by atoms with E-state index in [0.717, 1.165) is 31.3 Å². The van der Waals surface area contributed by atoms with Crippen molar-refractivity contribution in [2.75, 3.05) is 6.54 Å². The molecule has 0 aromatic heterocycles. The lowest BCUT2D eigenvalue weighted by molar-refractivity contribution is 0.123. The van der Waals surface area contributed by atoms with E-state index in [0.29, 0.717) is 0 Å². The lowest BCUT2D eigenvalue weighted by atomic mass is 9.80. The highest BCUT2D eigenvalue weighted by Crippen LogP contribution is 2.52. The molecule has 1 nitrogen and oxygen atoms in total. The Morgan fingerprint density at radius 1 is 1.27 bits per heavy atom. The number of nitrogens with zero attached hydrogens (tertiary/aromatic N) is 1. The molecule has 0 spiro atoms. The zero-order valence-corrected chi connectivity index (χ0v) is 9.71. The van der Waals surface area contributed by atoms with Gasteiger partial charge in [-0.1, -0.05) is 19.8 Å². The maximum atomic E-state index is 13.6. The van der Waals surface area contributed by atoms with Gasteiger partial charge in [0.2, 0.25) is 0 Å². The first kappa shape index (κ1) is 10.1. The largest absolute Gasteiger partial charge is 0.291 e. The molecule has 2 heteroatoms. The van der Waals surface area contributed by atoms with Crippen LogP contribution in [-0.2, 0) is 0 Å². The Hall–Kier alpha value is -0.110. The fourth-order valence-electron chi connectivity index (χ4n) is 4.51. The average molecular weight is 211 g/mol. The lowest BCUT2D eigenvalue weighted by Crippen LogP contribution is -2.42. The van der Waals surface area contributed by atoms with Crippen molar-refractivity contribution in [1.82, 2.24) is 4.90 Å². The summed E-state index contributed by atoms with van der Waals surface area (Å²) in [4.78, 5) is 2.56. The first-order chi connectivity index (χ1) is 7.25. The quantitative estimate of drug-likeness (QED) is 0.644. The molecular weight excluding hydrogens is 189 g/mol. The van der Waals surface area contributed by atoms with E-state index in [4.69, 9.17) is 0 Å². The maximum absolute atomic E-state index is 13.6. The first-order valence-electron chi connectivity index (χ1n) is 6.66. The van der Waals surface area contributed by atoms with E-state index in [1.54, 1.807) is 0 Å². The Morgan fingerprint density at radius 2 is 2.07 bits per heavy atom. The summed E-state index contributed by atoms with van der Waals surface area (Å²) >= 11 is 0. The standard InChI is InChI=1S/C13H22FN/c1-2-13-7-10-5-3-4-6-12(10)15(13)9-11(14)8-13/h10-12H,2-9H2,1H3. The minimum Gasteiger partial charge on any atom is -0.291 e. The number of halogens is 1. The molecule has 1 saturated carbocycles. The van der Waals surface area contributed by atoms with Gasteiger partial charge in [-0.3, -0.25) is 4.90 Å². The van der Waals surface area contributed by atoms with Crippen LogP contribution < -0.4 is 0 Å². The van der Waals surface area contributed by atoms with Gasteiger partial charge in [-0.2, -0.15) is 0 Å². The minimum absolute atomic E-state index is 0.263. The molecule has 0 aromatic rings. The zero-order chi connectivity index (χ0) is 10.5. The van der Waals surface area contributed by atoms with E-state index < -0.39 is 6.17 Å². The van der Waals surface area contributed by atoms with Crippen LogP contribution in [0.15, 0.2) is 0 Å². The van der Waals surface area contributed by atoms with Crippen molar-refractivity contribution in [2.24, 2.45) is 5.92 Å². The number of hydrogen-bond acceptors (Lipinski definition) is 1. The Labute approximate surface area is 92.0 Å². The van der Waals surface area contributed by atoms with Crippen LogP contribution >= 0.6 is 0 Å². The van der Waals surface area contributed by atoms with Crippen LogP contribution in [-0.4, -0.2) is 29.2 Å². The van der Waals surface area contributed by atoms with Gasteiger partial charge in [0, 0.05) is 18.1 Å². The molecule has 2 heterocycles. The lowest BCUT2D eigenvalue weighted by Gasteiger charge is -2.35. The van der Waals surface area contributed by atoms with Crippen molar-refractivity contribution in [1.29, 1.82) is 0 Å². The summed E-state index contributed by atoms with van der Waals surface area (Å²) in [5.74, 6) is 0.895. The van der Waals surface area contributed by atoms with Crippen molar-refractivity contribution in [3.63, 3.8) is 0 Å². The molecule has 0 amide bonds. The summed E-state index contributed by atoms with van der Waals surface area (Å²) in [5.41, 5.74) is 0.263. The second kappa shape index (κ2) is 3.44. The molecule has 0 N–H and O–H groups in total. The van der Waals surface area contributed by atoms with Gasteiger partial charge in [0.05, 0.1) is 0 Å². The van der Waals surface area contributed by atoms with Crippen molar-refractivity contribution in [2.45, 2.75) is 69.6 Å². The summed E-state index contributed by atoms with van der Waals surface area (Å²) < 4.78 is 13.6. The third-order valence-electron chi connectivity index (χ3n) is 5.18. The van der Waals surface area contributed by atoms with Gasteiger partial charge in [-0.05, 0) is 38.0 Å². The summed E-state index contributed by atoms with van der Waals surface area (Å²) in [6, 6.07) is 0.736. The van der Waals surface area contributed by atoms with Crippen LogP contribution in [0.1, 0.15) is 51.9 Å². The molecule has 3 fully saturated rings. The molecule has 2 saturated heterocycles. The van der Waals surface area contributed by atoms with Gasteiger partial charge >= 0.3 is 0 Å². The molecule has 0 aromatic carbocycles. The molecule has 15 heavy (non-hydrogen) atoms. The third kappa shape index (κ3) is 1.37. The molecule has 1 aliphatic carbocycles. The van der Waals surface area contributed by atoms with Gasteiger partial charge in [0.1, 0.15) is 6.17 Å². The summed E-state index contributed by atoms with van der Waals surface area (Å²) in [5, 5.41) is 0. The first-order valence-corrected chi connectivity index (χ1v) is 6.66. The molecule has 86 valence electrons. The smallest absolute Gasteiger partial charge is 0.115 e. The summed E-state index contributed by atoms with van der Waals surface area (Å²) in [7, 11) is 0. The molecule has 3 rings (SSSR count). The van der Waals surface area contributed by atoms with Crippen LogP contribution in [0.3, 0.4) is 0 Å². The summed E-state index contributed by atoms with van der Waals surface area (Å²) in [6.45, 7) is 2.98. The highest BCUT2D eigenvalue weighted by atomic mass is 19.1. The Kier molecular flexibility index (Phi) is 2.31. The monoisotopic (exact) mass is 211 g/mol. The van der Waals surface area contributed by atoms with Gasteiger partial charge in [0.25, 0.3) is 0 Å². The highest BCUT2D eigenvalue weighted by molar-refractivity contribution is 5.10. The Balaban J connectivity index is 1.86. The minimum atomic E-state index is -0.548. The number of alkyl halides is 1. The molecule has 4 unspecified atom stereocenters. The maximum Gasteiger partial charge on any atom is 0.115 e. The normalized spacial score (nSPS) is 50.4. The number of rotatable bonds is 1. The third-order valence-corrected chi connectivity index (χ3v) is 5.18.